The largest absolute Gasteiger partial charge is 0.465 e. The molecular weight excluding hydrogens is 288 g/mol. The fourth-order valence-corrected chi connectivity index (χ4v) is 2.00. The predicted octanol–water partition coefficient (Wildman–Crippen LogP) is 3.24. The molecule has 0 saturated heterocycles. The van der Waals surface area contributed by atoms with Crippen molar-refractivity contribution in [3.63, 3.8) is 0 Å². The van der Waals surface area contributed by atoms with Crippen LogP contribution in [0.4, 0.5) is 0 Å². The summed E-state index contributed by atoms with van der Waals surface area (Å²) in [5.74, 6) is -0.235. The maximum Gasteiger partial charge on any atom is 0.318 e. The van der Waals surface area contributed by atoms with Gasteiger partial charge in [0.05, 0.1) is 11.9 Å². The topological polar surface area (TPSA) is 26.3 Å². The summed E-state index contributed by atoms with van der Waals surface area (Å²) in [5.41, 5.74) is 1.19. The van der Waals surface area contributed by atoms with Gasteiger partial charge in [0.25, 0.3) is 0 Å². The standard InChI is InChI=1S/C12H15BrO2S/c1-2-15-12(14)11(16)7-6-9-4-3-5-10(13)8-9/h3-5,8,11,16H,2,6-7H2,1H3. The van der Waals surface area contributed by atoms with Gasteiger partial charge >= 0.3 is 5.97 Å². The van der Waals surface area contributed by atoms with Gasteiger partial charge in [0.1, 0.15) is 0 Å². The Kier molecular flexibility index (Phi) is 5.91. The van der Waals surface area contributed by atoms with E-state index in [9.17, 15) is 4.79 Å². The Labute approximate surface area is 110 Å². The number of halogens is 1. The lowest BCUT2D eigenvalue weighted by Gasteiger charge is -2.09. The van der Waals surface area contributed by atoms with Crippen molar-refractivity contribution in [3.8, 4) is 0 Å². The first-order chi connectivity index (χ1) is 7.63. The molecule has 0 N–H and O–H groups in total. The summed E-state index contributed by atoms with van der Waals surface area (Å²) >= 11 is 7.64. The molecule has 0 heterocycles. The first-order valence-corrected chi connectivity index (χ1v) is 6.53. The fourth-order valence-electron chi connectivity index (χ4n) is 1.35. The Balaban J connectivity index is 2.42. The highest BCUT2D eigenvalue weighted by Crippen LogP contribution is 2.15. The van der Waals surface area contributed by atoms with Crippen LogP contribution in [-0.2, 0) is 16.0 Å². The van der Waals surface area contributed by atoms with E-state index in [1.54, 1.807) is 6.92 Å². The summed E-state index contributed by atoms with van der Waals surface area (Å²) < 4.78 is 5.94. The number of rotatable bonds is 5. The molecule has 1 unspecified atom stereocenters. The second-order valence-electron chi connectivity index (χ2n) is 3.44. The minimum atomic E-state index is -0.334. The van der Waals surface area contributed by atoms with E-state index in [-0.39, 0.29) is 11.2 Å². The van der Waals surface area contributed by atoms with Crippen molar-refractivity contribution >= 4 is 34.5 Å². The van der Waals surface area contributed by atoms with Crippen LogP contribution in [-0.4, -0.2) is 17.8 Å². The Bertz CT molecular complexity index is 355. The average molecular weight is 303 g/mol. The number of hydrogen-bond donors (Lipinski definition) is 1. The molecule has 1 aromatic rings. The van der Waals surface area contributed by atoms with Gasteiger partial charge in [-0.1, -0.05) is 28.1 Å². The summed E-state index contributed by atoms with van der Waals surface area (Å²) in [6, 6.07) is 8.05. The molecule has 16 heavy (non-hydrogen) atoms. The molecule has 0 amide bonds. The zero-order valence-electron chi connectivity index (χ0n) is 9.15. The molecule has 0 saturated carbocycles. The summed E-state index contributed by atoms with van der Waals surface area (Å²) in [5, 5.41) is -0.334. The van der Waals surface area contributed by atoms with Crippen LogP contribution in [0.1, 0.15) is 18.9 Å². The van der Waals surface area contributed by atoms with Crippen LogP contribution in [0.3, 0.4) is 0 Å². The molecule has 2 nitrogen and oxygen atoms in total. The lowest BCUT2D eigenvalue weighted by atomic mass is 10.1. The van der Waals surface area contributed by atoms with Gasteiger partial charge in [0.15, 0.2) is 0 Å². The van der Waals surface area contributed by atoms with E-state index in [1.807, 2.05) is 24.3 Å². The van der Waals surface area contributed by atoms with Gasteiger partial charge in [-0.25, -0.2) is 0 Å². The molecule has 0 spiro atoms. The lowest BCUT2D eigenvalue weighted by molar-refractivity contribution is -0.142. The van der Waals surface area contributed by atoms with Crippen molar-refractivity contribution in [2.45, 2.75) is 25.0 Å². The van der Waals surface area contributed by atoms with E-state index in [0.29, 0.717) is 13.0 Å². The number of aryl methyl sites for hydroxylation is 1. The zero-order chi connectivity index (χ0) is 12.0. The second-order valence-corrected chi connectivity index (χ2v) is 4.98. The number of carbonyl (C=O) groups is 1. The lowest BCUT2D eigenvalue weighted by Crippen LogP contribution is -2.18. The van der Waals surface area contributed by atoms with E-state index in [2.05, 4.69) is 28.6 Å². The third kappa shape index (κ3) is 4.58. The van der Waals surface area contributed by atoms with Crippen LogP contribution >= 0.6 is 28.6 Å². The maximum absolute atomic E-state index is 11.3. The van der Waals surface area contributed by atoms with Gasteiger partial charge in [-0.3, -0.25) is 4.79 Å². The monoisotopic (exact) mass is 302 g/mol. The Morgan fingerprint density at radius 3 is 2.94 bits per heavy atom. The van der Waals surface area contributed by atoms with E-state index < -0.39 is 0 Å². The third-order valence-electron chi connectivity index (χ3n) is 2.15. The van der Waals surface area contributed by atoms with Crippen LogP contribution in [0.2, 0.25) is 0 Å². The van der Waals surface area contributed by atoms with Crippen molar-refractivity contribution in [1.82, 2.24) is 0 Å². The molecule has 1 atom stereocenters. The van der Waals surface area contributed by atoms with Crippen molar-refractivity contribution in [1.29, 1.82) is 0 Å². The Morgan fingerprint density at radius 2 is 2.31 bits per heavy atom. The molecule has 0 aliphatic rings. The fraction of sp³-hybridized carbons (Fsp3) is 0.417. The second kappa shape index (κ2) is 6.97. The summed E-state index contributed by atoms with van der Waals surface area (Å²) in [7, 11) is 0. The van der Waals surface area contributed by atoms with Crippen molar-refractivity contribution < 1.29 is 9.53 Å². The molecule has 0 radical (unpaired) electrons. The third-order valence-corrected chi connectivity index (χ3v) is 3.12. The molecule has 4 heteroatoms. The van der Waals surface area contributed by atoms with Crippen LogP contribution in [0, 0.1) is 0 Å². The van der Waals surface area contributed by atoms with Crippen LogP contribution in [0.5, 0.6) is 0 Å². The summed E-state index contributed by atoms with van der Waals surface area (Å²) in [4.78, 5) is 11.3. The molecule has 0 aromatic heterocycles. The van der Waals surface area contributed by atoms with Gasteiger partial charge < -0.3 is 4.74 Å². The van der Waals surface area contributed by atoms with Crippen molar-refractivity contribution in [2.24, 2.45) is 0 Å². The van der Waals surface area contributed by atoms with Crippen LogP contribution in [0.25, 0.3) is 0 Å². The predicted molar refractivity (Wildman–Crippen MR) is 71.9 cm³/mol. The number of hydrogen-bond acceptors (Lipinski definition) is 3. The van der Waals surface area contributed by atoms with Crippen molar-refractivity contribution in [2.75, 3.05) is 6.61 Å². The quantitative estimate of drug-likeness (QED) is 0.667. The van der Waals surface area contributed by atoms with Crippen molar-refractivity contribution in [3.05, 3.63) is 34.3 Å². The molecule has 0 bridgehead atoms. The minimum absolute atomic E-state index is 0.235. The first kappa shape index (κ1) is 13.6. The smallest absolute Gasteiger partial charge is 0.318 e. The van der Waals surface area contributed by atoms with Gasteiger partial charge in [-0.2, -0.15) is 12.6 Å². The van der Waals surface area contributed by atoms with Gasteiger partial charge in [0.2, 0.25) is 0 Å². The summed E-state index contributed by atoms with van der Waals surface area (Å²) in [6.07, 6.45) is 1.52. The Morgan fingerprint density at radius 1 is 1.56 bits per heavy atom. The number of thiol groups is 1. The van der Waals surface area contributed by atoms with Gasteiger partial charge in [-0.05, 0) is 37.5 Å². The summed E-state index contributed by atoms with van der Waals surface area (Å²) in [6.45, 7) is 2.21. The molecule has 0 fully saturated rings. The van der Waals surface area contributed by atoms with E-state index in [0.717, 1.165) is 10.9 Å². The van der Waals surface area contributed by atoms with E-state index >= 15 is 0 Å². The van der Waals surface area contributed by atoms with Gasteiger partial charge in [0, 0.05) is 4.47 Å². The zero-order valence-corrected chi connectivity index (χ0v) is 11.6. The SMILES string of the molecule is CCOC(=O)C(S)CCc1cccc(Br)c1. The van der Waals surface area contributed by atoms with Gasteiger partial charge in [-0.15, -0.1) is 0 Å². The number of esters is 1. The molecule has 88 valence electrons. The van der Waals surface area contributed by atoms with E-state index in [1.165, 1.54) is 5.56 Å². The highest BCUT2D eigenvalue weighted by molar-refractivity contribution is 9.10. The molecule has 0 aliphatic heterocycles. The first-order valence-electron chi connectivity index (χ1n) is 5.22. The van der Waals surface area contributed by atoms with Crippen LogP contribution < -0.4 is 0 Å². The highest BCUT2D eigenvalue weighted by atomic mass is 79.9. The average Bonchev–Trinajstić information content (AvgIpc) is 2.26. The minimum Gasteiger partial charge on any atom is -0.465 e. The normalized spacial score (nSPS) is 12.2. The van der Waals surface area contributed by atoms with E-state index in [4.69, 9.17) is 4.74 Å². The molecule has 0 aliphatic carbocycles. The number of carbonyl (C=O) groups excluding carboxylic acids is 1. The number of benzene rings is 1. The number of ether oxygens (including phenoxy) is 1. The maximum atomic E-state index is 11.3. The van der Waals surface area contributed by atoms with Crippen LogP contribution in [0.15, 0.2) is 28.7 Å². The molecule has 1 rings (SSSR count). The molecule has 1 aromatic carbocycles. The highest BCUT2D eigenvalue weighted by Gasteiger charge is 2.14. The molecular formula is C12H15BrO2S. The Hall–Kier alpha value is -0.480.